The number of rotatable bonds is 3. The van der Waals surface area contributed by atoms with E-state index in [-0.39, 0.29) is 11.7 Å². The molecule has 46 heavy (non-hydrogen) atoms. The van der Waals surface area contributed by atoms with E-state index in [1.54, 1.807) is 0 Å². The number of piperidine rings is 1. The van der Waals surface area contributed by atoms with Gasteiger partial charge in [-0.25, -0.2) is 9.78 Å². The van der Waals surface area contributed by atoms with Gasteiger partial charge in [-0.15, -0.1) is 0 Å². The summed E-state index contributed by atoms with van der Waals surface area (Å²) in [5.41, 5.74) is 5.71. The molecule has 3 aliphatic heterocycles. The van der Waals surface area contributed by atoms with Crippen LogP contribution in [0.2, 0.25) is 0 Å². The van der Waals surface area contributed by atoms with Crippen LogP contribution in [0.4, 0.5) is 5.82 Å². The van der Waals surface area contributed by atoms with E-state index in [9.17, 15) is 9.90 Å². The van der Waals surface area contributed by atoms with Crippen molar-refractivity contribution in [2.75, 3.05) is 24.6 Å². The van der Waals surface area contributed by atoms with Crippen LogP contribution >= 0.6 is 0 Å². The highest BCUT2D eigenvalue weighted by atomic mass is 16.5. The molecular weight excluding hydrogens is 580 g/mol. The van der Waals surface area contributed by atoms with E-state index in [1.807, 2.05) is 50.4 Å². The number of carboxylic acids is 1. The van der Waals surface area contributed by atoms with Gasteiger partial charge in [0.2, 0.25) is 0 Å². The van der Waals surface area contributed by atoms with Crippen LogP contribution in [0.25, 0.3) is 28.0 Å². The number of hydrogen-bond donors (Lipinski definition) is 1. The van der Waals surface area contributed by atoms with Gasteiger partial charge in [0.25, 0.3) is 0 Å². The fraction of sp³-hybridized carbons (Fsp3) is 0.486. The second kappa shape index (κ2) is 12.3. The predicted octanol–water partition coefficient (Wildman–Crippen LogP) is 7.56. The first-order chi connectivity index (χ1) is 21.8. The number of anilines is 1. The molecule has 9 heteroatoms. The minimum absolute atomic E-state index is 0.0323. The van der Waals surface area contributed by atoms with Crippen LogP contribution in [0.15, 0.2) is 48.5 Å². The van der Waals surface area contributed by atoms with Crippen LogP contribution < -0.4 is 9.64 Å². The predicted molar refractivity (Wildman–Crippen MR) is 180 cm³/mol. The molecule has 4 aromatic rings. The molecule has 7 rings (SSSR count). The van der Waals surface area contributed by atoms with E-state index in [4.69, 9.17) is 24.3 Å². The molecule has 0 aliphatic carbocycles. The van der Waals surface area contributed by atoms with Gasteiger partial charge in [-0.2, -0.15) is 9.61 Å². The molecular formula is C37H46N4O5. The highest BCUT2D eigenvalue weighted by Crippen LogP contribution is 2.39. The van der Waals surface area contributed by atoms with Gasteiger partial charge in [0.15, 0.2) is 11.8 Å². The summed E-state index contributed by atoms with van der Waals surface area (Å²) in [6, 6.07) is 16.6. The summed E-state index contributed by atoms with van der Waals surface area (Å²) in [5.74, 6) is 0.519. The summed E-state index contributed by atoms with van der Waals surface area (Å²) in [4.78, 5) is 19.9. The van der Waals surface area contributed by atoms with Gasteiger partial charge in [0, 0.05) is 42.6 Å². The molecule has 2 atom stereocenters. The second-order valence-electron chi connectivity index (χ2n) is 14.1. The molecule has 5 heterocycles. The Morgan fingerprint density at radius 3 is 2.54 bits per heavy atom. The van der Waals surface area contributed by atoms with Gasteiger partial charge in [-0.3, -0.25) is 0 Å². The number of benzene rings is 2. The Morgan fingerprint density at radius 2 is 1.83 bits per heavy atom. The summed E-state index contributed by atoms with van der Waals surface area (Å²) >= 11 is 0. The van der Waals surface area contributed by atoms with E-state index in [1.165, 1.54) is 0 Å². The van der Waals surface area contributed by atoms with Crippen molar-refractivity contribution in [3.63, 3.8) is 0 Å². The van der Waals surface area contributed by atoms with E-state index in [0.717, 1.165) is 59.4 Å². The number of nitrogens with zero attached hydrogens (tertiary/aromatic N) is 4. The van der Waals surface area contributed by atoms with Crippen molar-refractivity contribution in [3.05, 3.63) is 65.4 Å². The van der Waals surface area contributed by atoms with Gasteiger partial charge in [-0.1, -0.05) is 30.3 Å². The van der Waals surface area contributed by atoms with Crippen LogP contribution in [0, 0.1) is 13.8 Å². The number of carboxylic acid groups (broad SMARTS) is 1. The van der Waals surface area contributed by atoms with Crippen LogP contribution in [-0.2, 0) is 14.3 Å². The van der Waals surface area contributed by atoms with Crippen molar-refractivity contribution in [3.8, 4) is 28.1 Å². The molecule has 1 N–H and O–H groups in total. The first-order valence-electron chi connectivity index (χ1n) is 16.4. The number of fused-ring (bicyclic) bond motifs is 7. The average Bonchev–Trinajstić information content (AvgIpc) is 3.41. The maximum Gasteiger partial charge on any atom is 0.337 e. The standard InChI is InChI=1S/C37H46N4O5/c1-23-13-14-28-26-11-8-12-27(21-26)29-22-31-38-25(3)32(33(35(42)43)46-36(4,5)6)34(41(31)39-29)40-17-15-37(7,16-18-40)44-19-9-10-24(2)45-30(28)20-23/h8,11-14,20-22,24,33H,9-10,15-19H2,1-7H3,(H,42,43)/t24-,33-/m0/s1. The number of aryl methyl sites for hydroxylation is 2. The fourth-order valence-corrected chi connectivity index (χ4v) is 6.57. The van der Waals surface area contributed by atoms with Gasteiger partial charge >= 0.3 is 5.97 Å². The second-order valence-corrected chi connectivity index (χ2v) is 14.1. The molecule has 2 aromatic carbocycles. The zero-order chi connectivity index (χ0) is 32.8. The minimum atomic E-state index is -1.21. The Labute approximate surface area is 271 Å². The van der Waals surface area contributed by atoms with Gasteiger partial charge < -0.3 is 24.2 Å². The number of ether oxygens (including phenoxy) is 3. The maximum atomic E-state index is 12.8. The van der Waals surface area contributed by atoms with E-state index < -0.39 is 17.7 Å². The first kappa shape index (κ1) is 32.0. The summed E-state index contributed by atoms with van der Waals surface area (Å²) < 4.78 is 21.1. The van der Waals surface area contributed by atoms with Crippen molar-refractivity contribution in [2.24, 2.45) is 0 Å². The number of aromatic nitrogens is 3. The topological polar surface area (TPSA) is 98.4 Å². The quantitative estimate of drug-likeness (QED) is 0.249. The Bertz CT molecular complexity index is 1750. The Balaban J connectivity index is 1.55. The molecule has 9 nitrogen and oxygen atoms in total. The van der Waals surface area contributed by atoms with Crippen molar-refractivity contribution in [1.29, 1.82) is 0 Å². The van der Waals surface area contributed by atoms with Crippen molar-refractivity contribution in [2.45, 2.75) is 97.6 Å². The Morgan fingerprint density at radius 1 is 1.09 bits per heavy atom. The third-order valence-corrected chi connectivity index (χ3v) is 9.02. The van der Waals surface area contributed by atoms with Crippen molar-refractivity contribution < 1.29 is 24.1 Å². The minimum Gasteiger partial charge on any atom is -0.490 e. The fourth-order valence-electron chi connectivity index (χ4n) is 6.57. The third kappa shape index (κ3) is 6.62. The van der Waals surface area contributed by atoms with E-state index in [2.05, 4.69) is 56.0 Å². The van der Waals surface area contributed by atoms with E-state index in [0.29, 0.717) is 42.4 Å². The lowest BCUT2D eigenvalue weighted by molar-refractivity contribution is -0.160. The van der Waals surface area contributed by atoms with Crippen LogP contribution in [0.1, 0.15) is 83.2 Å². The van der Waals surface area contributed by atoms with E-state index >= 15 is 0 Å². The van der Waals surface area contributed by atoms with Crippen molar-refractivity contribution in [1.82, 2.24) is 14.6 Å². The van der Waals surface area contributed by atoms with Gasteiger partial charge in [0.05, 0.1) is 28.6 Å². The zero-order valence-corrected chi connectivity index (χ0v) is 28.1. The SMILES string of the molecule is Cc1ccc2c(c1)O[C@@H](C)CCCOC1(C)CCN(CC1)c1c([C@H](OC(C)(C)C)C(=O)O)c(C)nc3cc(nn13)-c1cccc-2c1. The molecule has 0 unspecified atom stereocenters. The summed E-state index contributed by atoms with van der Waals surface area (Å²) in [5, 5.41) is 15.6. The summed E-state index contributed by atoms with van der Waals surface area (Å²) in [6.07, 6.45) is 2.19. The van der Waals surface area contributed by atoms with Crippen LogP contribution in [0.3, 0.4) is 0 Å². The smallest absolute Gasteiger partial charge is 0.337 e. The lowest BCUT2D eigenvalue weighted by Crippen LogP contribution is -2.46. The zero-order valence-electron chi connectivity index (χ0n) is 28.1. The van der Waals surface area contributed by atoms with Crippen LogP contribution in [0.5, 0.6) is 5.75 Å². The molecule has 0 radical (unpaired) electrons. The molecule has 0 saturated carbocycles. The molecule has 0 spiro atoms. The molecule has 0 amide bonds. The van der Waals surface area contributed by atoms with Gasteiger partial charge in [0.1, 0.15) is 11.6 Å². The molecule has 244 valence electrons. The number of aliphatic carboxylic acids is 1. The first-order valence-corrected chi connectivity index (χ1v) is 16.4. The number of carbonyl (C=O) groups is 1. The lowest BCUT2D eigenvalue weighted by atomic mass is 9.92. The van der Waals surface area contributed by atoms with Crippen molar-refractivity contribution >= 4 is 17.4 Å². The summed E-state index contributed by atoms with van der Waals surface area (Å²) in [6.45, 7) is 15.9. The molecule has 1 fully saturated rings. The third-order valence-electron chi connectivity index (χ3n) is 9.02. The van der Waals surface area contributed by atoms with Crippen LogP contribution in [-0.4, -0.2) is 62.7 Å². The normalized spacial score (nSPS) is 21.3. The molecule has 2 aromatic heterocycles. The molecule has 6 bridgehead atoms. The largest absolute Gasteiger partial charge is 0.490 e. The highest BCUT2D eigenvalue weighted by Gasteiger charge is 2.38. The van der Waals surface area contributed by atoms with Gasteiger partial charge in [-0.05, 0) is 97.4 Å². The highest BCUT2D eigenvalue weighted by molar-refractivity contribution is 5.80. The summed E-state index contributed by atoms with van der Waals surface area (Å²) in [7, 11) is 0. The molecule has 1 saturated heterocycles. The lowest BCUT2D eigenvalue weighted by Gasteiger charge is -2.41. The Kier molecular flexibility index (Phi) is 8.59. The monoisotopic (exact) mass is 626 g/mol. The molecule has 3 aliphatic rings. The average molecular weight is 627 g/mol. The maximum absolute atomic E-state index is 12.8. The Hall–Kier alpha value is -3.95. The number of hydrogen-bond acceptors (Lipinski definition) is 7.